The van der Waals surface area contributed by atoms with Crippen molar-refractivity contribution >= 4 is 27.9 Å². The number of alkyl halides is 2. The molecule has 0 unspecified atom stereocenters. The first kappa shape index (κ1) is 20.7. The van der Waals surface area contributed by atoms with Crippen molar-refractivity contribution in [3.05, 3.63) is 58.6 Å². The average molecular weight is 442 g/mol. The number of benzene rings is 2. The van der Waals surface area contributed by atoms with Gasteiger partial charge in [-0.1, -0.05) is 34.1 Å². The third-order valence-corrected chi connectivity index (χ3v) is 3.81. The zero-order valence-corrected chi connectivity index (χ0v) is 16.0. The summed E-state index contributed by atoms with van der Waals surface area (Å²) in [6.07, 6.45) is 2.61. The highest BCUT2D eigenvalue weighted by Crippen LogP contribution is 2.33. The molecule has 144 valence electrons. The smallest absolute Gasteiger partial charge is 0.387 e. The first-order valence-electron chi connectivity index (χ1n) is 7.95. The van der Waals surface area contributed by atoms with Crippen molar-refractivity contribution in [2.45, 2.75) is 6.61 Å². The molecule has 0 atom stereocenters. The van der Waals surface area contributed by atoms with Gasteiger partial charge in [-0.2, -0.15) is 8.78 Å². The van der Waals surface area contributed by atoms with Crippen molar-refractivity contribution in [3.63, 3.8) is 0 Å². The van der Waals surface area contributed by atoms with Crippen LogP contribution in [0.4, 0.5) is 8.78 Å². The van der Waals surface area contributed by atoms with Gasteiger partial charge in [-0.25, -0.2) is 0 Å². The average Bonchev–Trinajstić information content (AvgIpc) is 2.64. The van der Waals surface area contributed by atoms with E-state index in [1.807, 2.05) is 18.2 Å². The highest BCUT2D eigenvalue weighted by molar-refractivity contribution is 9.10. The molecule has 0 spiro atoms. The van der Waals surface area contributed by atoms with Gasteiger partial charge in [0.2, 0.25) is 5.91 Å². The number of ether oxygens (including phenoxy) is 3. The van der Waals surface area contributed by atoms with Crippen LogP contribution in [-0.2, 0) is 4.79 Å². The summed E-state index contributed by atoms with van der Waals surface area (Å²) in [4.78, 5) is 11.9. The lowest BCUT2D eigenvalue weighted by molar-refractivity contribution is -0.116. The quantitative estimate of drug-likeness (QED) is 0.466. The van der Waals surface area contributed by atoms with Gasteiger partial charge in [0.25, 0.3) is 0 Å². The Morgan fingerprint density at radius 2 is 2.04 bits per heavy atom. The van der Waals surface area contributed by atoms with E-state index in [1.165, 1.54) is 25.3 Å². The van der Waals surface area contributed by atoms with Crippen LogP contribution in [0.1, 0.15) is 5.56 Å². The minimum absolute atomic E-state index is 0.128. The number of nitrogens with one attached hydrogen (secondary N) is 1. The van der Waals surface area contributed by atoms with Gasteiger partial charge in [-0.15, -0.1) is 0 Å². The van der Waals surface area contributed by atoms with Crippen LogP contribution in [0.2, 0.25) is 0 Å². The maximum Gasteiger partial charge on any atom is 0.387 e. The molecule has 27 heavy (non-hydrogen) atoms. The van der Waals surface area contributed by atoms with E-state index in [-0.39, 0.29) is 24.7 Å². The Balaban J connectivity index is 1.89. The van der Waals surface area contributed by atoms with E-state index in [4.69, 9.17) is 9.47 Å². The van der Waals surface area contributed by atoms with E-state index in [9.17, 15) is 13.6 Å². The molecule has 0 aliphatic rings. The fourth-order valence-corrected chi connectivity index (χ4v) is 2.54. The second kappa shape index (κ2) is 10.5. The summed E-state index contributed by atoms with van der Waals surface area (Å²) in [5.41, 5.74) is 0.301. The molecular weight excluding hydrogens is 424 g/mol. The molecule has 2 aromatic carbocycles. The second-order valence-electron chi connectivity index (χ2n) is 5.19. The SMILES string of the molecule is COc1cccc(/C=C/C(=O)NCCOc2cccc(Br)c2)c1OC(F)F. The molecule has 0 aromatic heterocycles. The van der Waals surface area contributed by atoms with Crippen molar-refractivity contribution in [2.75, 3.05) is 20.3 Å². The number of hydrogen-bond donors (Lipinski definition) is 1. The van der Waals surface area contributed by atoms with Crippen LogP contribution in [0.15, 0.2) is 53.0 Å². The largest absolute Gasteiger partial charge is 0.493 e. The predicted octanol–water partition coefficient (Wildman–Crippen LogP) is 4.27. The number of hydrogen-bond acceptors (Lipinski definition) is 4. The van der Waals surface area contributed by atoms with Crippen molar-refractivity contribution in [3.8, 4) is 17.2 Å². The molecule has 1 amide bonds. The van der Waals surface area contributed by atoms with Crippen molar-refractivity contribution in [1.82, 2.24) is 5.32 Å². The maximum absolute atomic E-state index is 12.6. The van der Waals surface area contributed by atoms with E-state index in [2.05, 4.69) is 26.0 Å². The van der Waals surface area contributed by atoms with Gasteiger partial charge in [0.1, 0.15) is 12.4 Å². The van der Waals surface area contributed by atoms with Crippen LogP contribution in [0.3, 0.4) is 0 Å². The van der Waals surface area contributed by atoms with Gasteiger partial charge in [0.15, 0.2) is 11.5 Å². The molecule has 0 bridgehead atoms. The van der Waals surface area contributed by atoms with Crippen LogP contribution < -0.4 is 19.5 Å². The third kappa shape index (κ3) is 6.90. The molecule has 1 N–H and O–H groups in total. The Morgan fingerprint density at radius 1 is 1.26 bits per heavy atom. The van der Waals surface area contributed by atoms with Gasteiger partial charge in [-0.3, -0.25) is 4.79 Å². The Bertz CT molecular complexity index is 799. The van der Waals surface area contributed by atoms with Crippen molar-refractivity contribution < 1.29 is 27.8 Å². The Hall–Kier alpha value is -2.61. The number of methoxy groups -OCH3 is 1. The lowest BCUT2D eigenvalue weighted by Crippen LogP contribution is -2.26. The summed E-state index contributed by atoms with van der Waals surface area (Å²) in [6.45, 7) is -2.43. The first-order valence-corrected chi connectivity index (χ1v) is 8.75. The standard InChI is InChI=1S/C19H18BrF2NO4/c1-25-16-7-2-4-13(18(16)27-19(21)22)8-9-17(24)23-10-11-26-15-6-3-5-14(20)12-15/h2-9,12,19H,10-11H2,1H3,(H,23,24)/b9-8+. The van der Waals surface area contributed by atoms with Gasteiger partial charge in [0, 0.05) is 16.1 Å². The zero-order valence-electron chi connectivity index (χ0n) is 14.5. The van der Waals surface area contributed by atoms with Crippen LogP contribution in [-0.4, -0.2) is 32.8 Å². The molecule has 2 aromatic rings. The highest BCUT2D eigenvalue weighted by atomic mass is 79.9. The fraction of sp³-hybridized carbons (Fsp3) is 0.211. The summed E-state index contributed by atoms with van der Waals surface area (Å²) >= 11 is 3.34. The predicted molar refractivity (Wildman–Crippen MR) is 101 cm³/mol. The van der Waals surface area contributed by atoms with E-state index in [0.29, 0.717) is 11.3 Å². The molecule has 2 rings (SSSR count). The molecule has 0 saturated carbocycles. The second-order valence-corrected chi connectivity index (χ2v) is 6.10. The lowest BCUT2D eigenvalue weighted by Gasteiger charge is -2.12. The topological polar surface area (TPSA) is 56.8 Å². The van der Waals surface area contributed by atoms with Crippen LogP contribution >= 0.6 is 15.9 Å². The molecule has 0 fully saturated rings. The minimum Gasteiger partial charge on any atom is -0.493 e. The molecular formula is C19H18BrF2NO4. The molecule has 0 radical (unpaired) electrons. The summed E-state index contributed by atoms with van der Waals surface area (Å²) in [5, 5.41) is 2.64. The molecule has 0 aliphatic carbocycles. The zero-order chi connectivity index (χ0) is 19.6. The van der Waals surface area contributed by atoms with Crippen LogP contribution in [0, 0.1) is 0 Å². The maximum atomic E-state index is 12.6. The molecule has 0 saturated heterocycles. The van der Waals surface area contributed by atoms with Crippen LogP contribution in [0.25, 0.3) is 6.08 Å². The first-order chi connectivity index (χ1) is 13.0. The van der Waals surface area contributed by atoms with Gasteiger partial charge in [0.05, 0.1) is 13.7 Å². The number of rotatable bonds is 9. The number of para-hydroxylation sites is 1. The Morgan fingerprint density at radius 3 is 2.74 bits per heavy atom. The lowest BCUT2D eigenvalue weighted by atomic mass is 10.1. The van der Waals surface area contributed by atoms with Crippen molar-refractivity contribution in [2.24, 2.45) is 0 Å². The van der Waals surface area contributed by atoms with Crippen molar-refractivity contribution in [1.29, 1.82) is 0 Å². The van der Waals surface area contributed by atoms with Gasteiger partial charge < -0.3 is 19.5 Å². The Labute approximate surface area is 164 Å². The molecule has 0 heterocycles. The summed E-state index contributed by atoms with van der Waals surface area (Å²) < 4.78 is 41.1. The van der Waals surface area contributed by atoms with E-state index >= 15 is 0 Å². The minimum atomic E-state index is -3.00. The molecule has 5 nitrogen and oxygen atoms in total. The number of halogens is 3. The normalized spacial score (nSPS) is 10.9. The third-order valence-electron chi connectivity index (χ3n) is 3.32. The highest BCUT2D eigenvalue weighted by Gasteiger charge is 2.13. The molecule has 0 aliphatic heterocycles. The van der Waals surface area contributed by atoms with Crippen LogP contribution in [0.5, 0.6) is 17.2 Å². The summed E-state index contributed by atoms with van der Waals surface area (Å²) in [7, 11) is 1.35. The van der Waals surface area contributed by atoms with E-state index < -0.39 is 12.5 Å². The summed E-state index contributed by atoms with van der Waals surface area (Å²) in [6, 6.07) is 12.0. The summed E-state index contributed by atoms with van der Waals surface area (Å²) in [5.74, 6) is 0.315. The monoisotopic (exact) mass is 441 g/mol. The van der Waals surface area contributed by atoms with Gasteiger partial charge in [-0.05, 0) is 30.3 Å². The number of amides is 1. The Kier molecular flexibility index (Phi) is 8.06. The fourth-order valence-electron chi connectivity index (χ4n) is 2.16. The van der Waals surface area contributed by atoms with E-state index in [0.717, 1.165) is 4.47 Å². The number of carbonyl (C=O) groups excluding carboxylic acids is 1. The number of carbonyl (C=O) groups is 1. The van der Waals surface area contributed by atoms with E-state index in [1.54, 1.807) is 18.2 Å². The van der Waals surface area contributed by atoms with Gasteiger partial charge >= 0.3 is 6.61 Å². The molecule has 8 heteroatoms.